The average Bonchev–Trinajstić information content (AvgIpc) is 2.85. The van der Waals surface area contributed by atoms with Gasteiger partial charge in [0.1, 0.15) is 10.8 Å². The van der Waals surface area contributed by atoms with Crippen molar-refractivity contribution in [1.82, 2.24) is 9.55 Å². The van der Waals surface area contributed by atoms with Crippen molar-refractivity contribution < 1.29 is 4.79 Å². The van der Waals surface area contributed by atoms with Crippen LogP contribution in [0.4, 0.5) is 5.69 Å². The molecule has 0 amide bonds. The maximum Gasteiger partial charge on any atom is 0.152 e. The van der Waals surface area contributed by atoms with Crippen LogP contribution in [0.25, 0.3) is 16.7 Å². The van der Waals surface area contributed by atoms with E-state index in [4.69, 9.17) is 11.6 Å². The molecule has 0 aliphatic rings. The molecule has 0 aliphatic heterocycles. The number of rotatable bonds is 3. The Labute approximate surface area is 127 Å². The van der Waals surface area contributed by atoms with E-state index in [2.05, 4.69) is 4.98 Å². The standard InChI is InChI=1S/C16H14ClN3O/c1-19(2)12-4-3-5-13(8-12)20-9-11(10-21)14-6-7-15(17)18-16(14)20/h3-10H,1-2H3. The lowest BCUT2D eigenvalue weighted by Gasteiger charge is -2.14. The lowest BCUT2D eigenvalue weighted by molar-refractivity contribution is 0.112. The minimum atomic E-state index is 0.406. The maximum absolute atomic E-state index is 11.2. The number of benzene rings is 1. The van der Waals surface area contributed by atoms with Crippen LogP contribution >= 0.6 is 11.6 Å². The predicted octanol–water partition coefficient (Wildman–Crippen LogP) is 3.56. The molecule has 0 saturated heterocycles. The van der Waals surface area contributed by atoms with Gasteiger partial charge in [-0.1, -0.05) is 17.7 Å². The van der Waals surface area contributed by atoms with Gasteiger partial charge < -0.3 is 9.47 Å². The Kier molecular flexibility index (Phi) is 3.39. The first-order chi connectivity index (χ1) is 10.1. The van der Waals surface area contributed by atoms with Gasteiger partial charge in [0.15, 0.2) is 6.29 Å². The van der Waals surface area contributed by atoms with E-state index in [1.54, 1.807) is 12.3 Å². The largest absolute Gasteiger partial charge is 0.378 e. The first-order valence-electron chi connectivity index (χ1n) is 6.50. The fraction of sp³-hybridized carbons (Fsp3) is 0.125. The molecule has 3 rings (SSSR count). The number of nitrogens with zero attached hydrogens (tertiary/aromatic N) is 3. The highest BCUT2D eigenvalue weighted by molar-refractivity contribution is 6.29. The van der Waals surface area contributed by atoms with E-state index in [0.717, 1.165) is 23.0 Å². The summed E-state index contributed by atoms with van der Waals surface area (Å²) in [5.41, 5.74) is 3.29. The van der Waals surface area contributed by atoms with Crippen LogP contribution in [0.1, 0.15) is 10.4 Å². The van der Waals surface area contributed by atoms with Crippen LogP contribution in [0.15, 0.2) is 42.6 Å². The van der Waals surface area contributed by atoms with Gasteiger partial charge in [0, 0.05) is 42.6 Å². The third-order valence-electron chi connectivity index (χ3n) is 3.40. The van der Waals surface area contributed by atoms with Crippen molar-refractivity contribution in [3.05, 3.63) is 53.3 Å². The lowest BCUT2D eigenvalue weighted by Crippen LogP contribution is -2.08. The second-order valence-corrected chi connectivity index (χ2v) is 5.38. The third kappa shape index (κ3) is 2.38. The summed E-state index contributed by atoms with van der Waals surface area (Å²) >= 11 is 5.99. The molecule has 106 valence electrons. The highest BCUT2D eigenvalue weighted by Gasteiger charge is 2.11. The molecule has 0 spiro atoms. The number of halogens is 1. The van der Waals surface area contributed by atoms with Crippen LogP contribution in [0.2, 0.25) is 5.15 Å². The average molecular weight is 300 g/mol. The van der Waals surface area contributed by atoms with Crippen LogP contribution in [0.3, 0.4) is 0 Å². The Bertz CT molecular complexity index is 824. The summed E-state index contributed by atoms with van der Waals surface area (Å²) < 4.78 is 1.89. The summed E-state index contributed by atoms with van der Waals surface area (Å²) in [4.78, 5) is 17.6. The van der Waals surface area contributed by atoms with E-state index in [-0.39, 0.29) is 0 Å². The number of carbonyl (C=O) groups is 1. The van der Waals surface area contributed by atoms with Gasteiger partial charge in [-0.25, -0.2) is 4.98 Å². The first-order valence-corrected chi connectivity index (χ1v) is 6.88. The number of aldehydes is 1. The summed E-state index contributed by atoms with van der Waals surface area (Å²) in [6.07, 6.45) is 2.62. The van der Waals surface area contributed by atoms with Crippen molar-refractivity contribution in [2.24, 2.45) is 0 Å². The van der Waals surface area contributed by atoms with E-state index in [9.17, 15) is 4.79 Å². The van der Waals surface area contributed by atoms with Crippen LogP contribution in [-0.2, 0) is 0 Å². The van der Waals surface area contributed by atoms with Crippen LogP contribution in [0, 0.1) is 0 Å². The van der Waals surface area contributed by atoms with Crippen LogP contribution in [-0.4, -0.2) is 29.9 Å². The monoisotopic (exact) mass is 299 g/mol. The molecule has 0 fully saturated rings. The third-order valence-corrected chi connectivity index (χ3v) is 3.61. The second kappa shape index (κ2) is 5.22. The van der Waals surface area contributed by atoms with Gasteiger partial charge in [0.05, 0.1) is 0 Å². The Hall–Kier alpha value is -2.33. The molecule has 0 unspecified atom stereocenters. The van der Waals surface area contributed by atoms with E-state index in [1.165, 1.54) is 0 Å². The highest BCUT2D eigenvalue weighted by atomic mass is 35.5. The number of fused-ring (bicyclic) bond motifs is 1. The van der Waals surface area contributed by atoms with Gasteiger partial charge in [-0.15, -0.1) is 0 Å². The van der Waals surface area contributed by atoms with Crippen molar-refractivity contribution in [2.75, 3.05) is 19.0 Å². The summed E-state index contributed by atoms with van der Waals surface area (Å²) in [6.45, 7) is 0. The smallest absolute Gasteiger partial charge is 0.152 e. The summed E-state index contributed by atoms with van der Waals surface area (Å²) in [5.74, 6) is 0. The summed E-state index contributed by atoms with van der Waals surface area (Å²) in [5, 5.41) is 1.20. The van der Waals surface area contributed by atoms with E-state index < -0.39 is 0 Å². The van der Waals surface area contributed by atoms with E-state index in [1.807, 2.05) is 53.9 Å². The zero-order valence-corrected chi connectivity index (χ0v) is 12.5. The molecule has 21 heavy (non-hydrogen) atoms. The summed E-state index contributed by atoms with van der Waals surface area (Å²) in [6, 6.07) is 11.5. The van der Waals surface area contributed by atoms with Gasteiger partial charge in [-0.2, -0.15) is 0 Å². The zero-order valence-electron chi connectivity index (χ0n) is 11.7. The van der Waals surface area contributed by atoms with Gasteiger partial charge in [0.25, 0.3) is 0 Å². The molecule has 2 heterocycles. The molecule has 0 N–H and O–H groups in total. The zero-order chi connectivity index (χ0) is 15.0. The SMILES string of the molecule is CN(C)c1cccc(-n2cc(C=O)c3ccc(Cl)nc32)c1. The topological polar surface area (TPSA) is 38.1 Å². The Balaban J connectivity index is 2.27. The normalized spacial score (nSPS) is 10.8. The number of hydrogen-bond donors (Lipinski definition) is 0. The van der Waals surface area contributed by atoms with Crippen molar-refractivity contribution in [1.29, 1.82) is 0 Å². The number of carbonyl (C=O) groups excluding carboxylic acids is 1. The number of aromatic nitrogens is 2. The molecular weight excluding hydrogens is 286 g/mol. The minimum absolute atomic E-state index is 0.406. The second-order valence-electron chi connectivity index (χ2n) is 4.99. The summed E-state index contributed by atoms with van der Waals surface area (Å²) in [7, 11) is 3.97. The highest BCUT2D eigenvalue weighted by Crippen LogP contribution is 2.26. The maximum atomic E-state index is 11.2. The Morgan fingerprint density at radius 1 is 1.24 bits per heavy atom. The number of hydrogen-bond acceptors (Lipinski definition) is 3. The van der Waals surface area contributed by atoms with Gasteiger partial charge in [0.2, 0.25) is 0 Å². The first kappa shape index (κ1) is 13.6. The molecule has 4 nitrogen and oxygen atoms in total. The quantitative estimate of drug-likeness (QED) is 0.548. The van der Waals surface area contributed by atoms with E-state index in [0.29, 0.717) is 16.4 Å². The molecule has 2 aromatic heterocycles. The molecular formula is C16H14ClN3O. The molecule has 0 bridgehead atoms. The molecule has 0 radical (unpaired) electrons. The lowest BCUT2D eigenvalue weighted by atomic mass is 10.2. The fourth-order valence-electron chi connectivity index (χ4n) is 2.32. The number of anilines is 1. The predicted molar refractivity (Wildman–Crippen MR) is 85.8 cm³/mol. The fourth-order valence-corrected chi connectivity index (χ4v) is 2.46. The minimum Gasteiger partial charge on any atom is -0.378 e. The van der Waals surface area contributed by atoms with Crippen molar-refractivity contribution in [3.8, 4) is 5.69 Å². The van der Waals surface area contributed by atoms with Gasteiger partial charge in [-0.3, -0.25) is 4.79 Å². The number of pyridine rings is 1. The molecule has 0 saturated carbocycles. The molecule has 0 atom stereocenters. The molecule has 0 aliphatic carbocycles. The Morgan fingerprint density at radius 2 is 2.05 bits per heavy atom. The Morgan fingerprint density at radius 3 is 2.76 bits per heavy atom. The van der Waals surface area contributed by atoms with Gasteiger partial charge >= 0.3 is 0 Å². The van der Waals surface area contributed by atoms with E-state index >= 15 is 0 Å². The van der Waals surface area contributed by atoms with Gasteiger partial charge in [-0.05, 0) is 30.3 Å². The van der Waals surface area contributed by atoms with Crippen molar-refractivity contribution in [3.63, 3.8) is 0 Å². The van der Waals surface area contributed by atoms with Crippen LogP contribution in [0.5, 0.6) is 0 Å². The van der Waals surface area contributed by atoms with Crippen LogP contribution < -0.4 is 4.90 Å². The van der Waals surface area contributed by atoms with Crippen molar-refractivity contribution >= 4 is 34.6 Å². The van der Waals surface area contributed by atoms with Crippen molar-refractivity contribution in [2.45, 2.75) is 0 Å². The molecule has 1 aromatic carbocycles. The molecule has 5 heteroatoms. The molecule has 3 aromatic rings.